The maximum Gasteiger partial charge on any atom is 2.00 e. The van der Waals surface area contributed by atoms with Crippen LogP contribution in [-0.4, -0.2) is 12.1 Å². The Labute approximate surface area is 181 Å². The molecule has 0 saturated heterocycles. The summed E-state index contributed by atoms with van der Waals surface area (Å²) in [5.74, 6) is 0.913. The molecule has 0 aliphatic rings. The molecule has 0 aromatic carbocycles. The Balaban J connectivity index is -0.0000000477. The Hall–Kier alpha value is -0.492. The van der Waals surface area contributed by atoms with Gasteiger partial charge in [-0.25, -0.2) is 5.57 Å². The standard InChI is InChI=1S/C11H19O.C8H13O.4CH4.W/c1-5-9(2)6-7-10(3)11(4)8-12;1-5-6(2)7(3)8(4)9;;;;;/h9H,5-7H2,1-4H3;1,5H2,2-4H3;4*1H4;/q2*-1;;;;;+2/b11-10+;7-6+;;;;;/t9-;;;;;;/m0....../s1. The van der Waals surface area contributed by atoms with E-state index in [0.717, 1.165) is 35.5 Å². The van der Waals surface area contributed by atoms with Gasteiger partial charge in [0.2, 0.25) is 0 Å². The molecule has 0 rings (SSSR count). The van der Waals surface area contributed by atoms with E-state index in [-0.39, 0.29) is 56.6 Å². The van der Waals surface area contributed by atoms with Crippen LogP contribution in [0.3, 0.4) is 0 Å². The number of carbonyl (C=O) groups excluding carboxylic acids is 2. The van der Waals surface area contributed by atoms with E-state index in [2.05, 4.69) is 20.8 Å². The minimum atomic E-state index is 0. The molecule has 0 fully saturated rings. The second kappa shape index (κ2) is 26.7. The monoisotopic (exact) mass is 540 g/mol. The number of ketones is 1. The fourth-order valence-corrected chi connectivity index (χ4v) is 1.43. The van der Waals surface area contributed by atoms with Crippen molar-refractivity contribution in [2.75, 3.05) is 0 Å². The number of hydrogen-bond donors (Lipinski definition) is 0. The zero-order valence-electron chi connectivity index (χ0n) is 15.3. The molecule has 1 atom stereocenters. The van der Waals surface area contributed by atoms with Gasteiger partial charge in [0.25, 0.3) is 0 Å². The molecular weight excluding hydrogens is 492 g/mol. The van der Waals surface area contributed by atoms with Crippen LogP contribution in [0.5, 0.6) is 0 Å². The van der Waals surface area contributed by atoms with Crippen LogP contribution in [0.15, 0.2) is 22.3 Å². The van der Waals surface area contributed by atoms with Crippen molar-refractivity contribution in [2.24, 2.45) is 5.92 Å². The molecule has 0 aliphatic carbocycles. The Morgan fingerprint density at radius 2 is 1.38 bits per heavy atom. The third-order valence-corrected chi connectivity index (χ3v) is 4.05. The van der Waals surface area contributed by atoms with Gasteiger partial charge in [-0.1, -0.05) is 75.3 Å². The molecule has 0 N–H and O–H groups in total. The summed E-state index contributed by atoms with van der Waals surface area (Å²) in [6, 6.07) is 0. The molecule has 0 amide bonds. The predicted octanol–water partition coefficient (Wildman–Crippen LogP) is 7.94. The van der Waals surface area contributed by atoms with Gasteiger partial charge in [-0.05, 0) is 38.5 Å². The third kappa shape index (κ3) is 23.5. The first-order chi connectivity index (χ1) is 9.70. The second-order valence-corrected chi connectivity index (χ2v) is 5.77. The van der Waals surface area contributed by atoms with Crippen LogP contribution in [0.25, 0.3) is 0 Å². The molecule has 2 nitrogen and oxygen atoms in total. The number of rotatable bonds is 7. The molecule has 0 radical (unpaired) electrons. The third-order valence-electron chi connectivity index (χ3n) is 4.05. The van der Waals surface area contributed by atoms with Crippen LogP contribution in [0.1, 0.15) is 104 Å². The summed E-state index contributed by atoms with van der Waals surface area (Å²) in [4.78, 5) is 20.9. The Morgan fingerprint density at radius 1 is 0.962 bits per heavy atom. The van der Waals surface area contributed by atoms with Crippen LogP contribution in [0.2, 0.25) is 0 Å². The fourth-order valence-electron chi connectivity index (χ4n) is 1.43. The summed E-state index contributed by atoms with van der Waals surface area (Å²) in [7, 11) is 0. The summed E-state index contributed by atoms with van der Waals surface area (Å²) in [5, 5.41) is 0. The Morgan fingerprint density at radius 3 is 1.62 bits per heavy atom. The zero-order valence-corrected chi connectivity index (χ0v) is 18.3. The molecule has 0 saturated carbocycles. The van der Waals surface area contributed by atoms with Crippen molar-refractivity contribution >= 4 is 12.1 Å². The van der Waals surface area contributed by atoms with Gasteiger partial charge in [0, 0.05) is 0 Å². The quantitative estimate of drug-likeness (QED) is 0.243. The molecule has 0 heterocycles. The van der Waals surface area contributed by atoms with Crippen molar-refractivity contribution < 1.29 is 30.7 Å². The average molecular weight is 540 g/mol. The molecule has 0 unspecified atom stereocenters. The number of carbonyl (C=O) groups is 1. The number of Topliss-reactive ketones (excluding diaryl/α,β-unsaturated/α-hetero) is 1. The maximum absolute atomic E-state index is 10.7. The van der Waals surface area contributed by atoms with E-state index in [0.29, 0.717) is 0 Å². The van der Waals surface area contributed by atoms with Gasteiger partial charge in [0.05, 0.1) is 0 Å². The Bertz CT molecular complexity index is 393. The normalized spacial score (nSPS) is 11.5. The maximum atomic E-state index is 10.7. The largest absolute Gasteiger partial charge is 2.00 e. The zero-order chi connectivity index (χ0) is 17.0. The van der Waals surface area contributed by atoms with Gasteiger partial charge < -0.3 is 11.7 Å². The molecule has 158 valence electrons. The molecule has 26 heavy (non-hydrogen) atoms. The van der Waals surface area contributed by atoms with E-state index in [1.807, 2.05) is 34.0 Å². The van der Waals surface area contributed by atoms with Crippen molar-refractivity contribution in [3.05, 3.63) is 29.2 Å². The molecule has 0 bridgehead atoms. The predicted molar refractivity (Wildman–Crippen MR) is 119 cm³/mol. The molecule has 0 aromatic heterocycles. The first-order valence-corrected chi connectivity index (χ1v) is 7.72. The van der Waals surface area contributed by atoms with Crippen molar-refractivity contribution in [3.63, 3.8) is 0 Å². The van der Waals surface area contributed by atoms with Gasteiger partial charge in [0.15, 0.2) is 5.78 Å². The number of hydrogen-bond acceptors (Lipinski definition) is 2. The topological polar surface area (TPSA) is 34.1 Å². The minimum absolute atomic E-state index is 0. The summed E-state index contributed by atoms with van der Waals surface area (Å²) < 4.78 is 0. The molecule has 0 aromatic rings. The summed E-state index contributed by atoms with van der Waals surface area (Å²) in [6.07, 6.45) is 6.10. The van der Waals surface area contributed by atoms with Crippen LogP contribution >= 0.6 is 0 Å². The van der Waals surface area contributed by atoms with Crippen LogP contribution in [0, 0.1) is 12.8 Å². The summed E-state index contributed by atoms with van der Waals surface area (Å²) >= 11 is 0. The van der Waals surface area contributed by atoms with Crippen molar-refractivity contribution in [3.8, 4) is 0 Å². The van der Waals surface area contributed by atoms with Gasteiger partial charge in [-0.3, -0.25) is 4.79 Å². The fraction of sp³-hybridized carbons (Fsp3) is 0.696. The van der Waals surface area contributed by atoms with Crippen molar-refractivity contribution in [1.29, 1.82) is 0 Å². The number of allylic oxidation sites excluding steroid dienone is 4. The first-order valence-electron chi connectivity index (χ1n) is 7.72. The van der Waals surface area contributed by atoms with Crippen LogP contribution in [0.4, 0.5) is 0 Å². The SMILES string of the molecule is C.C.C.C.CC[C@H](C)CC/C(C)=C(\C)[C-]=O.[CH2-]C/C(C)=C(\C)C(C)=O.[W+2]. The molecular formula is C23H48O2W. The van der Waals surface area contributed by atoms with E-state index in [1.54, 1.807) is 6.92 Å². The smallest absolute Gasteiger partial charge is 0.419 e. The summed E-state index contributed by atoms with van der Waals surface area (Å²) in [5.41, 5.74) is 3.90. The van der Waals surface area contributed by atoms with Gasteiger partial charge in [-0.2, -0.15) is 12.0 Å². The molecule has 0 spiro atoms. The summed E-state index contributed by atoms with van der Waals surface area (Å²) in [6.45, 7) is 17.3. The van der Waals surface area contributed by atoms with E-state index in [1.165, 1.54) is 18.4 Å². The minimum Gasteiger partial charge on any atom is -0.419 e. The van der Waals surface area contributed by atoms with Gasteiger partial charge in [-0.15, -0.1) is 6.92 Å². The van der Waals surface area contributed by atoms with Gasteiger partial charge in [0.1, 0.15) is 0 Å². The van der Waals surface area contributed by atoms with Crippen LogP contribution in [-0.2, 0) is 30.7 Å². The van der Waals surface area contributed by atoms with Crippen LogP contribution < -0.4 is 0 Å². The van der Waals surface area contributed by atoms with E-state index < -0.39 is 0 Å². The Kier molecular flexibility index (Phi) is 46.0. The van der Waals surface area contributed by atoms with E-state index in [4.69, 9.17) is 0 Å². The first kappa shape index (κ1) is 44.7. The van der Waals surface area contributed by atoms with E-state index >= 15 is 0 Å². The average Bonchev–Trinajstić information content (AvgIpc) is 2.49. The molecule has 0 aliphatic heterocycles. The van der Waals surface area contributed by atoms with Crippen molar-refractivity contribution in [2.45, 2.75) is 104 Å². The van der Waals surface area contributed by atoms with Gasteiger partial charge >= 0.3 is 21.1 Å². The molecule has 3 heteroatoms. The van der Waals surface area contributed by atoms with E-state index in [9.17, 15) is 9.59 Å². The second-order valence-electron chi connectivity index (χ2n) is 5.77. The van der Waals surface area contributed by atoms with Crippen molar-refractivity contribution in [1.82, 2.24) is 0 Å².